The molecule has 268 valence electrons. The lowest BCUT2D eigenvalue weighted by molar-refractivity contribution is -0.128. The summed E-state index contributed by atoms with van der Waals surface area (Å²) in [5.41, 5.74) is 9.93. The Hall–Kier alpha value is -4.25. The van der Waals surface area contributed by atoms with Crippen LogP contribution in [0.3, 0.4) is 0 Å². The predicted molar refractivity (Wildman–Crippen MR) is 201 cm³/mol. The highest BCUT2D eigenvalue weighted by atomic mass is 16.5. The van der Waals surface area contributed by atoms with Gasteiger partial charge in [0.25, 0.3) is 5.91 Å². The Balaban J connectivity index is 1.85. The zero-order chi connectivity index (χ0) is 36.7. The van der Waals surface area contributed by atoms with Crippen LogP contribution in [-0.4, -0.2) is 72.6 Å². The fraction of sp³-hybridized carbons (Fsp3) is 0.553. The number of anilines is 1. The van der Waals surface area contributed by atoms with Gasteiger partial charge in [0.1, 0.15) is 23.0 Å². The number of carbonyl (C=O) groups excluding carboxylic acids is 1. The van der Waals surface area contributed by atoms with Crippen LogP contribution in [0.5, 0.6) is 11.5 Å². The van der Waals surface area contributed by atoms with Crippen molar-refractivity contribution in [1.29, 1.82) is 10.8 Å². The molecule has 11 heteroatoms. The second kappa shape index (κ2) is 16.4. The Labute approximate surface area is 292 Å². The maximum Gasteiger partial charge on any atom is 0.261 e. The van der Waals surface area contributed by atoms with Crippen LogP contribution in [0.15, 0.2) is 46.4 Å². The van der Waals surface area contributed by atoms with Crippen LogP contribution >= 0.6 is 0 Å². The summed E-state index contributed by atoms with van der Waals surface area (Å²) >= 11 is 0. The molecule has 0 radical (unpaired) electrons. The molecular formula is C38H57N7O4. The fourth-order valence-corrected chi connectivity index (χ4v) is 6.00. The van der Waals surface area contributed by atoms with E-state index in [0.717, 1.165) is 29.8 Å². The summed E-state index contributed by atoms with van der Waals surface area (Å²) in [6, 6.07) is 11.3. The van der Waals surface area contributed by atoms with Crippen molar-refractivity contribution in [3.05, 3.63) is 47.5 Å². The molecule has 11 nitrogen and oxygen atoms in total. The molecule has 3 rings (SSSR count). The molecule has 1 aliphatic heterocycles. The van der Waals surface area contributed by atoms with E-state index in [-0.39, 0.29) is 53.6 Å². The zero-order valence-electron chi connectivity index (χ0n) is 31.0. The molecule has 0 saturated carbocycles. The number of amides is 1. The number of nitrogens with one attached hydrogen (secondary N) is 3. The quantitative estimate of drug-likeness (QED) is 0.112. The highest BCUT2D eigenvalue weighted by Gasteiger charge is 2.36. The number of nitrogens with two attached hydrogens (primary N) is 1. The van der Waals surface area contributed by atoms with Gasteiger partial charge in [0.05, 0.1) is 18.5 Å². The van der Waals surface area contributed by atoms with Crippen molar-refractivity contribution < 1.29 is 19.4 Å². The molecule has 1 amide bonds. The SMILES string of the molecule is CCC(Oc1ccc(OC)cc1)C(=O)NCC(C)C(N)=NC(=N)C(=Nc1cc2c(cc1C)N(CCCO)C(C)(C)CC2C)C(=N)C(C)(C)C. The number of hydrogen-bond acceptors (Lipinski definition) is 8. The van der Waals surface area contributed by atoms with Gasteiger partial charge in [-0.1, -0.05) is 41.5 Å². The average Bonchev–Trinajstić information content (AvgIpc) is 3.04. The van der Waals surface area contributed by atoms with Gasteiger partial charge in [0.2, 0.25) is 0 Å². The van der Waals surface area contributed by atoms with E-state index in [0.29, 0.717) is 30.0 Å². The number of aliphatic hydroxyl groups is 1. The van der Waals surface area contributed by atoms with Crippen LogP contribution in [0.25, 0.3) is 0 Å². The van der Waals surface area contributed by atoms with Gasteiger partial charge in [0, 0.05) is 42.3 Å². The number of aryl methyl sites for hydroxylation is 1. The van der Waals surface area contributed by atoms with E-state index in [2.05, 4.69) is 48.1 Å². The molecule has 0 aromatic heterocycles. The predicted octanol–water partition coefficient (Wildman–Crippen LogP) is 6.56. The van der Waals surface area contributed by atoms with Crippen molar-refractivity contribution in [3.63, 3.8) is 0 Å². The number of hydrogen-bond donors (Lipinski definition) is 5. The molecule has 1 aliphatic rings. The van der Waals surface area contributed by atoms with Crippen molar-refractivity contribution in [1.82, 2.24) is 5.32 Å². The molecule has 0 spiro atoms. The Kier molecular flexibility index (Phi) is 13.1. The number of fused-ring (bicyclic) bond motifs is 1. The second-order valence-electron chi connectivity index (χ2n) is 14.7. The number of benzene rings is 2. The summed E-state index contributed by atoms with van der Waals surface area (Å²) < 4.78 is 11.1. The first-order valence-corrected chi connectivity index (χ1v) is 17.2. The van der Waals surface area contributed by atoms with E-state index >= 15 is 0 Å². The number of nitrogens with zero attached hydrogens (tertiary/aromatic N) is 3. The van der Waals surface area contributed by atoms with Gasteiger partial charge in [-0.25, -0.2) is 9.98 Å². The van der Waals surface area contributed by atoms with Gasteiger partial charge >= 0.3 is 0 Å². The molecule has 0 aliphatic carbocycles. The number of rotatable bonds is 14. The summed E-state index contributed by atoms with van der Waals surface area (Å²) in [4.78, 5) is 24.7. The van der Waals surface area contributed by atoms with E-state index in [1.165, 1.54) is 0 Å². The highest BCUT2D eigenvalue weighted by Crippen LogP contribution is 2.45. The smallest absolute Gasteiger partial charge is 0.261 e. The van der Waals surface area contributed by atoms with Gasteiger partial charge in [-0.3, -0.25) is 10.2 Å². The number of aliphatic hydroxyl groups excluding tert-OH is 1. The maximum absolute atomic E-state index is 13.0. The Morgan fingerprint density at radius 2 is 1.82 bits per heavy atom. The van der Waals surface area contributed by atoms with E-state index < -0.39 is 17.4 Å². The number of methoxy groups -OCH3 is 1. The number of ether oxygens (including phenoxy) is 2. The van der Waals surface area contributed by atoms with E-state index in [1.807, 2.05) is 41.5 Å². The lowest BCUT2D eigenvalue weighted by Crippen LogP contribution is -2.49. The Morgan fingerprint density at radius 3 is 2.39 bits per heavy atom. The lowest BCUT2D eigenvalue weighted by Gasteiger charge is -2.48. The largest absolute Gasteiger partial charge is 0.497 e. The van der Waals surface area contributed by atoms with Gasteiger partial charge in [-0.05, 0) is 93.5 Å². The van der Waals surface area contributed by atoms with Crippen LogP contribution in [-0.2, 0) is 4.79 Å². The van der Waals surface area contributed by atoms with Crippen molar-refractivity contribution >= 4 is 40.4 Å². The average molecular weight is 676 g/mol. The minimum Gasteiger partial charge on any atom is -0.497 e. The van der Waals surface area contributed by atoms with E-state index in [9.17, 15) is 9.90 Å². The zero-order valence-corrected chi connectivity index (χ0v) is 31.0. The van der Waals surface area contributed by atoms with Crippen LogP contribution in [0.2, 0.25) is 0 Å². The van der Waals surface area contributed by atoms with Crippen molar-refractivity contribution in [2.75, 3.05) is 31.7 Å². The Bertz CT molecular complexity index is 1560. The van der Waals surface area contributed by atoms with Crippen LogP contribution in [0, 0.1) is 29.1 Å². The van der Waals surface area contributed by atoms with Gasteiger partial charge in [-0.15, -0.1) is 0 Å². The third-order valence-corrected chi connectivity index (χ3v) is 9.02. The molecule has 1 heterocycles. The van der Waals surface area contributed by atoms with Crippen molar-refractivity contribution in [3.8, 4) is 11.5 Å². The molecule has 3 atom stereocenters. The third-order valence-electron chi connectivity index (χ3n) is 9.02. The lowest BCUT2D eigenvalue weighted by atomic mass is 9.79. The summed E-state index contributed by atoms with van der Waals surface area (Å²) in [5, 5.41) is 30.4. The fourth-order valence-electron chi connectivity index (χ4n) is 6.00. The number of aliphatic imine (C=N–C) groups is 2. The van der Waals surface area contributed by atoms with Crippen LogP contribution in [0.4, 0.5) is 11.4 Å². The standard InChI is InChI=1S/C38H57N7O4/c1-11-31(49-27-15-13-26(48-10)14-16-27)36(47)42-22-25(4)34(40)44-35(41)32(33(39)37(5,6)7)43-29-20-28-24(3)21-38(8,9)45(17-12-18-46)30(28)19-23(29)2/h13-16,19-20,24-25,31,39,46H,11-12,17-18,21-22H2,1-10H3,(H,42,47)(H3,40,41,44). The van der Waals surface area contributed by atoms with Crippen molar-refractivity contribution in [2.45, 2.75) is 99.1 Å². The molecule has 0 fully saturated rings. The molecule has 2 aromatic rings. The summed E-state index contributed by atoms with van der Waals surface area (Å²) in [6.45, 7) is 19.2. The number of amidine groups is 2. The molecule has 3 unspecified atom stereocenters. The highest BCUT2D eigenvalue weighted by molar-refractivity contribution is 6.68. The molecule has 0 saturated heterocycles. The van der Waals surface area contributed by atoms with Crippen molar-refractivity contribution in [2.24, 2.45) is 27.1 Å². The van der Waals surface area contributed by atoms with Crippen LogP contribution in [0.1, 0.15) is 91.7 Å². The molecule has 0 bridgehead atoms. The number of carbonyl (C=O) groups is 1. The molecule has 49 heavy (non-hydrogen) atoms. The van der Waals surface area contributed by atoms with Gasteiger partial charge in [-0.2, -0.15) is 0 Å². The molecule has 2 aromatic carbocycles. The van der Waals surface area contributed by atoms with Gasteiger partial charge < -0.3 is 35.9 Å². The first kappa shape index (κ1) is 39.2. The summed E-state index contributed by atoms with van der Waals surface area (Å²) in [6.07, 6.45) is 1.39. The molecule has 6 N–H and O–H groups in total. The first-order valence-electron chi connectivity index (χ1n) is 17.2. The molecular weight excluding hydrogens is 618 g/mol. The normalized spacial score (nSPS) is 17.5. The minimum absolute atomic E-state index is 0.0656. The first-order chi connectivity index (χ1) is 22.9. The van der Waals surface area contributed by atoms with E-state index in [1.54, 1.807) is 31.4 Å². The van der Waals surface area contributed by atoms with E-state index in [4.69, 9.17) is 31.0 Å². The maximum atomic E-state index is 13.0. The monoisotopic (exact) mass is 675 g/mol. The summed E-state index contributed by atoms with van der Waals surface area (Å²) in [7, 11) is 1.59. The third kappa shape index (κ3) is 9.90. The minimum atomic E-state index is -0.696. The van der Waals surface area contributed by atoms with Crippen LogP contribution < -0.4 is 25.4 Å². The second-order valence-corrected chi connectivity index (χ2v) is 14.7. The topological polar surface area (TPSA) is 169 Å². The summed E-state index contributed by atoms with van der Waals surface area (Å²) in [5.74, 6) is 0.802. The Morgan fingerprint density at radius 1 is 1.18 bits per heavy atom. The van der Waals surface area contributed by atoms with Gasteiger partial charge in [0.15, 0.2) is 11.9 Å².